The summed E-state index contributed by atoms with van der Waals surface area (Å²) < 4.78 is 43.7. The number of benzene rings is 2. The molecule has 2 rings (SSSR count). The summed E-state index contributed by atoms with van der Waals surface area (Å²) in [6, 6.07) is 7.29. The number of phenolic OH excluding ortho intramolecular Hbond substituents is 1. The molecule has 11 heteroatoms. The minimum absolute atomic E-state index is 0.0210. The van der Waals surface area contributed by atoms with Crippen molar-refractivity contribution in [1.82, 2.24) is 5.43 Å². The molecular weight excluding hydrogens is 471 g/mol. The smallest absolute Gasteiger partial charge is 0.416 e. The summed E-state index contributed by atoms with van der Waals surface area (Å²) in [7, 11) is 1.38. The number of alkyl halides is 3. The van der Waals surface area contributed by atoms with Crippen molar-refractivity contribution in [3.63, 3.8) is 0 Å². The number of halogens is 4. The van der Waals surface area contributed by atoms with Crippen LogP contribution in [0.4, 0.5) is 18.9 Å². The van der Waals surface area contributed by atoms with E-state index in [0.29, 0.717) is 4.47 Å². The molecular formula is C19H17BrF3N3O4. The second-order valence-electron chi connectivity index (χ2n) is 5.97. The average Bonchev–Trinajstić information content (AvgIpc) is 2.68. The van der Waals surface area contributed by atoms with Crippen LogP contribution in [0.3, 0.4) is 0 Å². The number of methoxy groups -OCH3 is 1. The second-order valence-corrected chi connectivity index (χ2v) is 6.88. The van der Waals surface area contributed by atoms with Gasteiger partial charge in [-0.15, -0.1) is 0 Å². The van der Waals surface area contributed by atoms with E-state index in [4.69, 9.17) is 4.74 Å². The van der Waals surface area contributed by atoms with Crippen LogP contribution in [0.1, 0.15) is 24.0 Å². The molecule has 0 spiro atoms. The van der Waals surface area contributed by atoms with Crippen LogP contribution in [-0.4, -0.2) is 30.2 Å². The minimum Gasteiger partial charge on any atom is -0.504 e. The van der Waals surface area contributed by atoms with Gasteiger partial charge >= 0.3 is 6.18 Å². The lowest BCUT2D eigenvalue weighted by atomic mass is 10.2. The molecule has 2 aromatic carbocycles. The number of phenols is 1. The number of nitrogens with one attached hydrogen (secondary N) is 2. The van der Waals surface area contributed by atoms with E-state index in [0.717, 1.165) is 12.1 Å². The number of hydrogen-bond acceptors (Lipinski definition) is 5. The number of aromatic hydroxyl groups is 1. The first-order valence-corrected chi connectivity index (χ1v) is 9.25. The fraction of sp³-hybridized carbons (Fsp3) is 0.211. The molecule has 0 fully saturated rings. The Bertz CT molecular complexity index is 965. The van der Waals surface area contributed by atoms with Gasteiger partial charge in [-0.2, -0.15) is 18.3 Å². The zero-order valence-corrected chi connectivity index (χ0v) is 17.2. The van der Waals surface area contributed by atoms with E-state index in [1.54, 1.807) is 12.1 Å². The number of rotatable bonds is 7. The fourth-order valence-corrected chi connectivity index (χ4v) is 2.76. The Kier molecular flexibility index (Phi) is 7.81. The third-order valence-electron chi connectivity index (χ3n) is 3.73. The summed E-state index contributed by atoms with van der Waals surface area (Å²) in [5.41, 5.74) is 1.57. The number of hydrogen-bond donors (Lipinski definition) is 3. The van der Waals surface area contributed by atoms with Gasteiger partial charge in [0.05, 0.1) is 18.9 Å². The van der Waals surface area contributed by atoms with E-state index >= 15 is 0 Å². The maximum absolute atomic E-state index is 12.7. The Balaban J connectivity index is 1.86. The maximum atomic E-state index is 12.7. The van der Waals surface area contributed by atoms with Crippen molar-refractivity contribution in [2.75, 3.05) is 12.4 Å². The first-order valence-electron chi connectivity index (χ1n) is 8.45. The summed E-state index contributed by atoms with van der Waals surface area (Å²) in [6.07, 6.45) is -3.82. The predicted molar refractivity (Wildman–Crippen MR) is 107 cm³/mol. The zero-order valence-electron chi connectivity index (χ0n) is 15.6. The maximum Gasteiger partial charge on any atom is 0.416 e. The standard InChI is InChI=1S/C19H17BrF3N3O4/c1-30-15-9-13(20)7-11(18(15)29)10-24-26-17(28)6-5-16(27)25-14-4-2-3-12(8-14)19(21,22)23/h2-4,7-10,29H,5-6H2,1H3,(H,25,27)(H,26,28)/b24-10+. The summed E-state index contributed by atoms with van der Waals surface area (Å²) >= 11 is 3.25. The van der Waals surface area contributed by atoms with Gasteiger partial charge in [-0.1, -0.05) is 22.0 Å². The Labute approximate surface area is 178 Å². The number of hydrazone groups is 1. The number of nitrogens with zero attached hydrogens (tertiary/aromatic N) is 1. The monoisotopic (exact) mass is 487 g/mol. The van der Waals surface area contributed by atoms with Gasteiger partial charge in [0.2, 0.25) is 11.8 Å². The normalized spacial score (nSPS) is 11.4. The Morgan fingerprint density at radius 1 is 1.20 bits per heavy atom. The Morgan fingerprint density at radius 3 is 2.57 bits per heavy atom. The van der Waals surface area contributed by atoms with Crippen molar-refractivity contribution in [2.24, 2.45) is 5.10 Å². The largest absolute Gasteiger partial charge is 0.504 e. The molecule has 0 aliphatic heterocycles. The lowest BCUT2D eigenvalue weighted by Crippen LogP contribution is -2.20. The molecule has 0 heterocycles. The van der Waals surface area contributed by atoms with E-state index in [1.807, 2.05) is 0 Å². The first-order chi connectivity index (χ1) is 14.1. The molecule has 7 nitrogen and oxygen atoms in total. The summed E-state index contributed by atoms with van der Waals surface area (Å²) in [5, 5.41) is 16.0. The van der Waals surface area contributed by atoms with Crippen LogP contribution in [0.15, 0.2) is 46.0 Å². The summed E-state index contributed by atoms with van der Waals surface area (Å²) in [4.78, 5) is 23.7. The van der Waals surface area contributed by atoms with Gasteiger partial charge in [-0.3, -0.25) is 9.59 Å². The zero-order chi connectivity index (χ0) is 22.3. The molecule has 2 aromatic rings. The molecule has 0 saturated carbocycles. The van der Waals surface area contributed by atoms with Gasteiger partial charge < -0.3 is 15.2 Å². The van der Waals surface area contributed by atoms with Crippen LogP contribution < -0.4 is 15.5 Å². The number of carbonyl (C=O) groups is 2. The van der Waals surface area contributed by atoms with Crippen molar-refractivity contribution in [3.8, 4) is 11.5 Å². The molecule has 0 bridgehead atoms. The topological polar surface area (TPSA) is 100 Å². The van der Waals surface area contributed by atoms with Gasteiger partial charge in [0, 0.05) is 28.6 Å². The van der Waals surface area contributed by atoms with E-state index in [-0.39, 0.29) is 35.6 Å². The van der Waals surface area contributed by atoms with Gasteiger partial charge in [0.25, 0.3) is 0 Å². The van der Waals surface area contributed by atoms with Crippen molar-refractivity contribution in [3.05, 3.63) is 52.0 Å². The lowest BCUT2D eigenvalue weighted by molar-refractivity contribution is -0.137. The lowest BCUT2D eigenvalue weighted by Gasteiger charge is -2.09. The molecule has 160 valence electrons. The third kappa shape index (κ3) is 6.76. The van der Waals surface area contributed by atoms with Crippen LogP contribution in [-0.2, 0) is 15.8 Å². The highest BCUT2D eigenvalue weighted by molar-refractivity contribution is 9.10. The first kappa shape index (κ1) is 23.2. The van der Waals surface area contributed by atoms with Crippen LogP contribution in [0.2, 0.25) is 0 Å². The highest BCUT2D eigenvalue weighted by Crippen LogP contribution is 2.32. The molecule has 0 aromatic heterocycles. The van der Waals surface area contributed by atoms with Gasteiger partial charge in [-0.05, 0) is 30.3 Å². The number of ether oxygens (including phenoxy) is 1. The van der Waals surface area contributed by atoms with Crippen LogP contribution >= 0.6 is 15.9 Å². The molecule has 0 aliphatic carbocycles. The minimum atomic E-state index is -4.52. The molecule has 3 N–H and O–H groups in total. The van der Waals surface area contributed by atoms with Crippen molar-refractivity contribution in [2.45, 2.75) is 19.0 Å². The highest BCUT2D eigenvalue weighted by atomic mass is 79.9. The van der Waals surface area contributed by atoms with Crippen LogP contribution in [0.25, 0.3) is 0 Å². The van der Waals surface area contributed by atoms with Crippen LogP contribution in [0, 0.1) is 0 Å². The summed E-state index contributed by atoms with van der Waals surface area (Å²) in [5.74, 6) is -1.17. The van der Waals surface area contributed by atoms with Crippen molar-refractivity contribution < 1.29 is 32.6 Å². The number of carbonyl (C=O) groups excluding carboxylic acids is 2. The summed E-state index contributed by atoms with van der Waals surface area (Å²) in [6.45, 7) is 0. The predicted octanol–water partition coefficient (Wildman–Crippen LogP) is 4.05. The quantitative estimate of drug-likeness (QED) is 0.405. The second kappa shape index (κ2) is 10.1. The fourth-order valence-electron chi connectivity index (χ4n) is 2.30. The molecule has 0 radical (unpaired) electrons. The van der Waals surface area contributed by atoms with Crippen molar-refractivity contribution >= 4 is 39.6 Å². The van der Waals surface area contributed by atoms with E-state index in [2.05, 4.69) is 31.8 Å². The molecule has 30 heavy (non-hydrogen) atoms. The van der Waals surface area contributed by atoms with Crippen LogP contribution in [0.5, 0.6) is 11.5 Å². The molecule has 0 saturated heterocycles. The molecule has 0 aliphatic rings. The number of amides is 2. The molecule has 0 unspecified atom stereocenters. The van der Waals surface area contributed by atoms with E-state index in [9.17, 15) is 27.9 Å². The highest BCUT2D eigenvalue weighted by Gasteiger charge is 2.30. The SMILES string of the molecule is COc1cc(Br)cc(/C=N/NC(=O)CCC(=O)Nc2cccc(C(F)(F)F)c2)c1O. The Morgan fingerprint density at radius 2 is 1.90 bits per heavy atom. The van der Waals surface area contributed by atoms with Crippen molar-refractivity contribution in [1.29, 1.82) is 0 Å². The number of anilines is 1. The van der Waals surface area contributed by atoms with Gasteiger partial charge in [-0.25, -0.2) is 5.43 Å². The van der Waals surface area contributed by atoms with Gasteiger partial charge in [0.1, 0.15) is 0 Å². The average molecular weight is 488 g/mol. The van der Waals surface area contributed by atoms with E-state index < -0.39 is 23.6 Å². The molecule has 0 atom stereocenters. The third-order valence-corrected chi connectivity index (χ3v) is 4.19. The van der Waals surface area contributed by atoms with Gasteiger partial charge in [0.15, 0.2) is 11.5 Å². The molecule has 2 amide bonds. The Hall–Kier alpha value is -3.08. The van der Waals surface area contributed by atoms with E-state index in [1.165, 1.54) is 25.5 Å².